The SMILES string of the molecule is N=C(N)NCCC[C@H](NC(=O)CNC(=O)[C@@H](N)CO)C(=O)N[C@@H](CC(=O)O)C(=O)N1CCC[C@H]1C(=O)O. The minimum Gasteiger partial charge on any atom is -0.481 e. The van der Waals surface area contributed by atoms with E-state index in [4.69, 9.17) is 22.0 Å². The second kappa shape index (κ2) is 15.2. The third-order valence-electron chi connectivity index (χ3n) is 5.41. The average Bonchev–Trinajstić information content (AvgIpc) is 3.32. The highest BCUT2D eigenvalue weighted by Gasteiger charge is 2.39. The van der Waals surface area contributed by atoms with Crippen LogP contribution in [0.1, 0.15) is 32.1 Å². The van der Waals surface area contributed by atoms with Gasteiger partial charge < -0.3 is 53.0 Å². The molecule has 1 fully saturated rings. The lowest BCUT2D eigenvalue weighted by Crippen LogP contribution is -2.57. The van der Waals surface area contributed by atoms with E-state index in [1.165, 1.54) is 0 Å². The first kappa shape index (κ1) is 31.0. The summed E-state index contributed by atoms with van der Waals surface area (Å²) in [5.74, 6) is -6.41. The molecule has 0 aliphatic carbocycles. The summed E-state index contributed by atoms with van der Waals surface area (Å²) in [7, 11) is 0. The minimum absolute atomic E-state index is 0.0304. The molecule has 17 nitrogen and oxygen atoms in total. The van der Waals surface area contributed by atoms with Crippen molar-refractivity contribution in [1.82, 2.24) is 26.2 Å². The summed E-state index contributed by atoms with van der Waals surface area (Å²) < 4.78 is 0. The van der Waals surface area contributed by atoms with Gasteiger partial charge >= 0.3 is 11.9 Å². The second-order valence-corrected chi connectivity index (χ2v) is 8.30. The van der Waals surface area contributed by atoms with Crippen LogP contribution in [-0.2, 0) is 28.8 Å². The highest BCUT2D eigenvalue weighted by atomic mass is 16.4. The number of nitrogens with zero attached hydrogens (tertiary/aromatic N) is 1. The van der Waals surface area contributed by atoms with Crippen LogP contribution >= 0.6 is 0 Å². The molecule has 0 saturated carbocycles. The molecule has 1 aliphatic heterocycles. The van der Waals surface area contributed by atoms with E-state index in [0.29, 0.717) is 6.42 Å². The first-order valence-electron chi connectivity index (χ1n) is 11.4. The molecular formula is C20H34N8O9. The number of nitrogens with two attached hydrogens (primary N) is 2. The molecule has 1 heterocycles. The number of carboxylic acid groups (broad SMARTS) is 2. The van der Waals surface area contributed by atoms with Crippen LogP contribution in [-0.4, -0.2) is 112 Å². The molecular weight excluding hydrogens is 496 g/mol. The molecule has 4 amide bonds. The highest BCUT2D eigenvalue weighted by molar-refractivity contribution is 5.96. The molecule has 17 heteroatoms. The van der Waals surface area contributed by atoms with Crippen LogP contribution in [0.5, 0.6) is 0 Å². The summed E-state index contributed by atoms with van der Waals surface area (Å²) >= 11 is 0. The molecule has 0 aromatic rings. The minimum atomic E-state index is -1.60. The number of aliphatic hydroxyl groups is 1. The summed E-state index contributed by atoms with van der Waals surface area (Å²) in [4.78, 5) is 73.7. The molecule has 0 unspecified atom stereocenters. The summed E-state index contributed by atoms with van der Waals surface area (Å²) in [6.07, 6.45) is -0.0663. The Kier molecular flexibility index (Phi) is 12.7. The molecule has 37 heavy (non-hydrogen) atoms. The van der Waals surface area contributed by atoms with Crippen LogP contribution in [0.4, 0.5) is 0 Å². The third kappa shape index (κ3) is 10.7. The van der Waals surface area contributed by atoms with E-state index < -0.39 is 79.3 Å². The van der Waals surface area contributed by atoms with E-state index in [0.717, 1.165) is 4.90 Å². The number of hydrogen-bond acceptors (Lipinski definition) is 9. The molecule has 208 valence electrons. The molecule has 4 atom stereocenters. The Labute approximate surface area is 211 Å². The third-order valence-corrected chi connectivity index (χ3v) is 5.41. The van der Waals surface area contributed by atoms with Crippen molar-refractivity contribution in [3.05, 3.63) is 0 Å². The van der Waals surface area contributed by atoms with E-state index >= 15 is 0 Å². The summed E-state index contributed by atoms with van der Waals surface area (Å²) in [6.45, 7) is -1.01. The molecule has 0 bridgehead atoms. The number of carboxylic acids is 2. The van der Waals surface area contributed by atoms with Crippen LogP contribution < -0.4 is 32.7 Å². The van der Waals surface area contributed by atoms with Gasteiger partial charge in [-0.25, -0.2) is 4.79 Å². The zero-order valence-electron chi connectivity index (χ0n) is 20.1. The topological polar surface area (TPSA) is 290 Å². The maximum atomic E-state index is 13.0. The molecule has 1 rings (SSSR count). The van der Waals surface area contributed by atoms with Crippen molar-refractivity contribution in [2.75, 3.05) is 26.2 Å². The maximum absolute atomic E-state index is 13.0. The normalized spacial score (nSPS) is 17.1. The second-order valence-electron chi connectivity index (χ2n) is 8.30. The Morgan fingerprint density at radius 3 is 2.27 bits per heavy atom. The predicted octanol–water partition coefficient (Wildman–Crippen LogP) is -4.79. The fraction of sp³-hybridized carbons (Fsp3) is 0.650. The number of rotatable bonds is 15. The van der Waals surface area contributed by atoms with E-state index in [-0.39, 0.29) is 38.3 Å². The summed E-state index contributed by atoms with van der Waals surface area (Å²) in [6, 6.07) is -5.29. The van der Waals surface area contributed by atoms with Gasteiger partial charge in [-0.15, -0.1) is 0 Å². The first-order valence-corrected chi connectivity index (χ1v) is 11.4. The van der Waals surface area contributed by atoms with E-state index in [2.05, 4.69) is 21.3 Å². The Bertz CT molecular complexity index is 884. The van der Waals surface area contributed by atoms with Gasteiger partial charge in [-0.05, 0) is 25.7 Å². The average molecular weight is 531 g/mol. The van der Waals surface area contributed by atoms with Gasteiger partial charge in [0.25, 0.3) is 0 Å². The fourth-order valence-electron chi connectivity index (χ4n) is 3.56. The monoisotopic (exact) mass is 530 g/mol. The quantitative estimate of drug-likeness (QED) is 0.0542. The Morgan fingerprint density at radius 2 is 1.70 bits per heavy atom. The molecule has 0 aromatic carbocycles. The van der Waals surface area contributed by atoms with Gasteiger partial charge in [0, 0.05) is 13.1 Å². The van der Waals surface area contributed by atoms with Crippen molar-refractivity contribution in [3.8, 4) is 0 Å². The molecule has 12 N–H and O–H groups in total. The van der Waals surface area contributed by atoms with Crippen molar-refractivity contribution in [3.63, 3.8) is 0 Å². The molecule has 0 spiro atoms. The number of amides is 4. The van der Waals surface area contributed by atoms with Gasteiger partial charge in [0.2, 0.25) is 23.6 Å². The van der Waals surface area contributed by atoms with Crippen molar-refractivity contribution >= 4 is 41.5 Å². The Morgan fingerprint density at radius 1 is 1.03 bits per heavy atom. The van der Waals surface area contributed by atoms with Gasteiger partial charge in [-0.2, -0.15) is 0 Å². The van der Waals surface area contributed by atoms with Gasteiger partial charge in [0.1, 0.15) is 24.2 Å². The van der Waals surface area contributed by atoms with E-state index in [1.54, 1.807) is 0 Å². The van der Waals surface area contributed by atoms with Gasteiger partial charge in [-0.1, -0.05) is 0 Å². The van der Waals surface area contributed by atoms with Crippen LogP contribution in [0.25, 0.3) is 0 Å². The van der Waals surface area contributed by atoms with Crippen molar-refractivity contribution in [2.45, 2.75) is 56.3 Å². The first-order chi connectivity index (χ1) is 17.4. The van der Waals surface area contributed by atoms with Crippen molar-refractivity contribution < 1.29 is 44.1 Å². The smallest absolute Gasteiger partial charge is 0.326 e. The molecule has 0 radical (unpaired) electrons. The zero-order chi connectivity index (χ0) is 28.1. The van der Waals surface area contributed by atoms with Gasteiger partial charge in [0.15, 0.2) is 5.96 Å². The number of hydrogen-bond donors (Lipinski definition) is 10. The Balaban J connectivity index is 2.96. The largest absolute Gasteiger partial charge is 0.481 e. The van der Waals surface area contributed by atoms with Gasteiger partial charge in [0.05, 0.1) is 19.6 Å². The predicted molar refractivity (Wildman–Crippen MR) is 126 cm³/mol. The molecule has 0 aromatic heterocycles. The van der Waals surface area contributed by atoms with Crippen molar-refractivity contribution in [1.29, 1.82) is 5.41 Å². The summed E-state index contributed by atoms with van der Waals surface area (Å²) in [5, 5.41) is 44.0. The Hall–Kier alpha value is -3.99. The summed E-state index contributed by atoms with van der Waals surface area (Å²) in [5.41, 5.74) is 10.6. The standard InChI is InChI=1S/C20H34N8O9/c21-10(9-29)16(33)25-8-14(30)26-11(3-1-5-24-20(22)23)17(34)27-12(7-15(31)32)18(35)28-6-2-4-13(28)19(36)37/h10-13,29H,1-9,21H2,(H,25,33)(H,26,30)(H,27,34)(H,31,32)(H,36,37)(H4,22,23,24)/t10-,11-,12-,13-/m0/s1. The van der Waals surface area contributed by atoms with E-state index in [1.807, 2.05) is 0 Å². The van der Waals surface area contributed by atoms with Crippen LogP contribution in [0.2, 0.25) is 0 Å². The molecule has 1 aliphatic rings. The lowest BCUT2D eigenvalue weighted by Gasteiger charge is -2.28. The van der Waals surface area contributed by atoms with Crippen LogP contribution in [0.3, 0.4) is 0 Å². The molecule has 1 saturated heterocycles. The lowest BCUT2D eigenvalue weighted by molar-refractivity contribution is -0.150. The van der Waals surface area contributed by atoms with Crippen LogP contribution in [0, 0.1) is 5.41 Å². The highest BCUT2D eigenvalue weighted by Crippen LogP contribution is 2.19. The number of carbonyl (C=O) groups is 6. The van der Waals surface area contributed by atoms with E-state index in [9.17, 15) is 39.0 Å². The number of guanidine groups is 1. The van der Waals surface area contributed by atoms with Crippen molar-refractivity contribution in [2.24, 2.45) is 11.5 Å². The number of likely N-dealkylation sites (tertiary alicyclic amines) is 1. The maximum Gasteiger partial charge on any atom is 0.326 e. The fourth-order valence-corrected chi connectivity index (χ4v) is 3.56. The lowest BCUT2D eigenvalue weighted by atomic mass is 10.1. The number of aliphatic carboxylic acids is 2. The number of aliphatic hydroxyl groups excluding tert-OH is 1. The number of carbonyl (C=O) groups excluding carboxylic acids is 4. The number of nitrogens with one attached hydrogen (secondary N) is 5. The van der Waals surface area contributed by atoms with Crippen LogP contribution in [0.15, 0.2) is 0 Å². The van der Waals surface area contributed by atoms with Gasteiger partial charge in [-0.3, -0.25) is 29.4 Å². The zero-order valence-corrected chi connectivity index (χ0v) is 20.1.